The van der Waals surface area contributed by atoms with Crippen molar-refractivity contribution in [1.29, 1.82) is 0 Å². The summed E-state index contributed by atoms with van der Waals surface area (Å²) in [5.41, 5.74) is 0.581. The van der Waals surface area contributed by atoms with Crippen LogP contribution in [0.3, 0.4) is 0 Å². The Hall–Kier alpha value is -2.04. The Morgan fingerprint density at radius 2 is 1.74 bits per heavy atom. The van der Waals surface area contributed by atoms with Crippen molar-refractivity contribution in [3.8, 4) is 5.75 Å². The van der Waals surface area contributed by atoms with Crippen LogP contribution in [0.25, 0.3) is 0 Å². The first-order valence-electron chi connectivity index (χ1n) is 8.23. The van der Waals surface area contributed by atoms with Crippen molar-refractivity contribution in [3.05, 3.63) is 29.8 Å². The summed E-state index contributed by atoms with van der Waals surface area (Å²) in [6.07, 6.45) is 1.38. The maximum atomic E-state index is 12.7. The molecule has 126 valence electrons. The van der Waals surface area contributed by atoms with Crippen molar-refractivity contribution in [2.24, 2.45) is 5.92 Å². The van der Waals surface area contributed by atoms with Gasteiger partial charge in [-0.15, -0.1) is 0 Å². The third-order valence-electron chi connectivity index (χ3n) is 4.06. The fourth-order valence-corrected chi connectivity index (χ4v) is 2.84. The largest absolute Gasteiger partial charge is 0.496 e. The first-order chi connectivity index (χ1) is 11.0. The molecule has 0 spiro atoms. The summed E-state index contributed by atoms with van der Waals surface area (Å²) in [5.74, 6) is 1.11. The van der Waals surface area contributed by atoms with Gasteiger partial charge < -0.3 is 14.5 Å². The SMILES string of the molecule is COc1ccccc1C(=O)N1CCCN(C(=O)CC(C)C)CC1. The normalized spacial score (nSPS) is 15.5. The number of methoxy groups -OCH3 is 1. The van der Waals surface area contributed by atoms with Gasteiger partial charge in [0.25, 0.3) is 5.91 Å². The van der Waals surface area contributed by atoms with Gasteiger partial charge in [-0.05, 0) is 24.5 Å². The number of carbonyl (C=O) groups excluding carboxylic acids is 2. The summed E-state index contributed by atoms with van der Waals surface area (Å²) >= 11 is 0. The summed E-state index contributed by atoms with van der Waals surface area (Å²) in [6.45, 7) is 6.66. The Bertz CT molecular complexity index is 557. The second-order valence-electron chi connectivity index (χ2n) is 6.32. The standard InChI is InChI=1S/C18H26N2O3/c1-14(2)13-17(21)19-9-6-10-20(12-11-19)18(22)15-7-4-5-8-16(15)23-3/h4-5,7-8,14H,6,9-13H2,1-3H3. The van der Waals surface area contributed by atoms with Gasteiger partial charge in [0, 0.05) is 32.6 Å². The Kier molecular flexibility index (Phi) is 6.02. The number of rotatable bonds is 4. The van der Waals surface area contributed by atoms with Crippen LogP contribution in [0.1, 0.15) is 37.0 Å². The fraction of sp³-hybridized carbons (Fsp3) is 0.556. The first kappa shape index (κ1) is 17.3. The maximum Gasteiger partial charge on any atom is 0.257 e. The van der Waals surface area contributed by atoms with Crippen molar-refractivity contribution < 1.29 is 14.3 Å². The lowest BCUT2D eigenvalue weighted by atomic mass is 10.1. The molecular weight excluding hydrogens is 292 g/mol. The molecule has 0 radical (unpaired) electrons. The number of amides is 2. The van der Waals surface area contributed by atoms with Crippen molar-refractivity contribution in [2.45, 2.75) is 26.7 Å². The van der Waals surface area contributed by atoms with E-state index in [1.54, 1.807) is 19.2 Å². The van der Waals surface area contributed by atoms with Crippen LogP contribution >= 0.6 is 0 Å². The lowest BCUT2D eigenvalue weighted by Crippen LogP contribution is -2.37. The van der Waals surface area contributed by atoms with Crippen LogP contribution in [0.2, 0.25) is 0 Å². The molecule has 0 saturated carbocycles. The molecule has 5 heteroatoms. The number of hydrogen-bond donors (Lipinski definition) is 0. The zero-order valence-corrected chi connectivity index (χ0v) is 14.2. The molecule has 23 heavy (non-hydrogen) atoms. The molecule has 1 saturated heterocycles. The molecule has 0 unspecified atom stereocenters. The average molecular weight is 318 g/mol. The molecule has 1 aromatic carbocycles. The summed E-state index contributed by atoms with van der Waals surface area (Å²) in [5, 5.41) is 0. The Morgan fingerprint density at radius 3 is 2.43 bits per heavy atom. The Labute approximate surface area is 138 Å². The van der Waals surface area contributed by atoms with E-state index in [1.165, 1.54) is 0 Å². The van der Waals surface area contributed by atoms with E-state index in [0.29, 0.717) is 43.3 Å². The zero-order valence-electron chi connectivity index (χ0n) is 14.2. The third-order valence-corrected chi connectivity index (χ3v) is 4.06. The van der Waals surface area contributed by atoms with Crippen molar-refractivity contribution >= 4 is 11.8 Å². The number of nitrogens with zero attached hydrogens (tertiary/aromatic N) is 2. The van der Waals surface area contributed by atoms with Crippen molar-refractivity contribution in [1.82, 2.24) is 9.80 Å². The van der Waals surface area contributed by atoms with Gasteiger partial charge in [0.05, 0.1) is 12.7 Å². The minimum Gasteiger partial charge on any atom is -0.496 e. The highest BCUT2D eigenvalue weighted by molar-refractivity contribution is 5.97. The highest BCUT2D eigenvalue weighted by Gasteiger charge is 2.24. The van der Waals surface area contributed by atoms with Gasteiger partial charge in [-0.1, -0.05) is 26.0 Å². The molecule has 1 aliphatic rings. The molecule has 5 nitrogen and oxygen atoms in total. The number of hydrogen-bond acceptors (Lipinski definition) is 3. The van der Waals surface area contributed by atoms with E-state index < -0.39 is 0 Å². The van der Waals surface area contributed by atoms with Crippen LogP contribution in [-0.4, -0.2) is 54.9 Å². The number of carbonyl (C=O) groups is 2. The number of ether oxygens (including phenoxy) is 1. The molecule has 0 aromatic heterocycles. The quantitative estimate of drug-likeness (QED) is 0.856. The third kappa shape index (κ3) is 4.47. The maximum absolute atomic E-state index is 12.7. The van der Waals surface area contributed by atoms with Crippen LogP contribution in [0.15, 0.2) is 24.3 Å². The van der Waals surface area contributed by atoms with E-state index in [9.17, 15) is 9.59 Å². The van der Waals surface area contributed by atoms with Gasteiger partial charge in [-0.2, -0.15) is 0 Å². The van der Waals surface area contributed by atoms with E-state index >= 15 is 0 Å². The number of benzene rings is 1. The smallest absolute Gasteiger partial charge is 0.257 e. The molecule has 0 atom stereocenters. The summed E-state index contributed by atoms with van der Waals surface area (Å²) in [7, 11) is 1.57. The molecule has 2 rings (SSSR count). The predicted molar refractivity (Wildman–Crippen MR) is 89.5 cm³/mol. The molecular formula is C18H26N2O3. The molecule has 1 fully saturated rings. The van der Waals surface area contributed by atoms with E-state index in [-0.39, 0.29) is 11.8 Å². The van der Waals surface area contributed by atoms with Gasteiger partial charge in [0.2, 0.25) is 5.91 Å². The van der Waals surface area contributed by atoms with E-state index in [2.05, 4.69) is 0 Å². The monoisotopic (exact) mass is 318 g/mol. The molecule has 0 aliphatic carbocycles. The molecule has 2 amide bonds. The Balaban J connectivity index is 2.02. The van der Waals surface area contributed by atoms with Gasteiger partial charge in [-0.3, -0.25) is 9.59 Å². The summed E-state index contributed by atoms with van der Waals surface area (Å²) < 4.78 is 5.28. The topological polar surface area (TPSA) is 49.9 Å². The van der Waals surface area contributed by atoms with Gasteiger partial charge in [-0.25, -0.2) is 0 Å². The molecule has 0 N–H and O–H groups in total. The van der Waals surface area contributed by atoms with E-state index in [4.69, 9.17) is 4.74 Å². The fourth-order valence-electron chi connectivity index (χ4n) is 2.84. The highest BCUT2D eigenvalue weighted by Crippen LogP contribution is 2.20. The van der Waals surface area contributed by atoms with Crippen molar-refractivity contribution in [3.63, 3.8) is 0 Å². The summed E-state index contributed by atoms with van der Waals surface area (Å²) in [6, 6.07) is 7.27. The lowest BCUT2D eigenvalue weighted by Gasteiger charge is -2.23. The zero-order chi connectivity index (χ0) is 16.8. The van der Waals surface area contributed by atoms with Crippen molar-refractivity contribution in [2.75, 3.05) is 33.3 Å². The minimum atomic E-state index is -0.0272. The van der Waals surface area contributed by atoms with E-state index in [1.807, 2.05) is 35.8 Å². The van der Waals surface area contributed by atoms with Gasteiger partial charge in [0.15, 0.2) is 0 Å². The lowest BCUT2D eigenvalue weighted by molar-refractivity contribution is -0.131. The molecule has 0 bridgehead atoms. The predicted octanol–water partition coefficient (Wildman–Crippen LogP) is 2.42. The molecule has 1 aliphatic heterocycles. The Morgan fingerprint density at radius 1 is 1.09 bits per heavy atom. The van der Waals surface area contributed by atoms with Crippen LogP contribution in [-0.2, 0) is 4.79 Å². The minimum absolute atomic E-state index is 0.0272. The van der Waals surface area contributed by atoms with Gasteiger partial charge >= 0.3 is 0 Å². The van der Waals surface area contributed by atoms with Gasteiger partial charge in [0.1, 0.15) is 5.75 Å². The van der Waals surface area contributed by atoms with Crippen LogP contribution in [0.5, 0.6) is 5.75 Å². The molecule has 1 aromatic rings. The van der Waals surface area contributed by atoms with Crippen LogP contribution in [0, 0.1) is 5.92 Å². The highest BCUT2D eigenvalue weighted by atomic mass is 16.5. The summed E-state index contributed by atoms with van der Waals surface area (Å²) in [4.78, 5) is 28.6. The molecule has 1 heterocycles. The van der Waals surface area contributed by atoms with E-state index in [0.717, 1.165) is 13.0 Å². The second-order valence-corrected chi connectivity index (χ2v) is 6.32. The number of para-hydroxylation sites is 1. The van der Waals surface area contributed by atoms with Crippen LogP contribution < -0.4 is 4.74 Å². The first-order valence-corrected chi connectivity index (χ1v) is 8.23. The average Bonchev–Trinajstić information content (AvgIpc) is 2.79. The van der Waals surface area contributed by atoms with Crippen LogP contribution in [0.4, 0.5) is 0 Å². The second kappa shape index (κ2) is 7.99.